The van der Waals surface area contributed by atoms with Gasteiger partial charge in [-0.1, -0.05) is 29.4 Å². The van der Waals surface area contributed by atoms with Crippen LogP contribution in [0.1, 0.15) is 0 Å². The van der Waals surface area contributed by atoms with Gasteiger partial charge in [-0.05, 0) is 12.1 Å². The van der Waals surface area contributed by atoms with Gasteiger partial charge in [-0.3, -0.25) is 14.4 Å². The zero-order chi connectivity index (χ0) is 13.6. The molecule has 0 fully saturated rings. The lowest BCUT2D eigenvalue weighted by atomic mass is 10.0. The number of nitrogens with zero attached hydrogens (tertiary/aromatic N) is 1. The third-order valence-electron chi connectivity index (χ3n) is 3.12. The Bertz CT molecular complexity index is 1080. The molecule has 0 amide bonds. The monoisotopic (exact) mass is 253 g/mol. The first-order chi connectivity index (χ1) is 9.15. The Morgan fingerprint density at radius 3 is 1.95 bits per heavy atom. The molecule has 5 nitrogen and oxygen atoms in total. The Morgan fingerprint density at radius 1 is 0.789 bits per heavy atom. The highest BCUT2D eigenvalue weighted by Crippen LogP contribution is 2.03. The van der Waals surface area contributed by atoms with Gasteiger partial charge in [-0.15, -0.1) is 0 Å². The highest BCUT2D eigenvalue weighted by atomic mass is 16.4. The van der Waals surface area contributed by atoms with Gasteiger partial charge >= 0.3 is 0 Å². The Labute approximate surface area is 105 Å². The molecule has 1 aromatic carbocycles. The summed E-state index contributed by atoms with van der Waals surface area (Å²) in [6.45, 7) is 0. The molecule has 1 N–H and O–H groups in total. The van der Waals surface area contributed by atoms with E-state index in [2.05, 4.69) is 5.16 Å². The second kappa shape index (κ2) is 3.84. The second-order valence-corrected chi connectivity index (χ2v) is 4.14. The number of hydrogen-bond acceptors (Lipinski definition) is 5. The van der Waals surface area contributed by atoms with E-state index in [1.165, 1.54) is 18.2 Å². The predicted molar refractivity (Wildman–Crippen MR) is 67.8 cm³/mol. The van der Waals surface area contributed by atoms with Crippen LogP contribution in [0, 0.1) is 10.4 Å². The highest BCUT2D eigenvalue weighted by molar-refractivity contribution is 5.82. The summed E-state index contributed by atoms with van der Waals surface area (Å²) in [7, 11) is 0. The van der Waals surface area contributed by atoms with Crippen molar-refractivity contribution in [2.45, 2.75) is 0 Å². The van der Waals surface area contributed by atoms with Crippen molar-refractivity contribution >= 4 is 10.8 Å². The van der Waals surface area contributed by atoms with Crippen LogP contribution in [0.15, 0.2) is 55.9 Å². The third-order valence-corrected chi connectivity index (χ3v) is 3.12. The highest BCUT2D eigenvalue weighted by Gasteiger charge is 2.10. The summed E-state index contributed by atoms with van der Waals surface area (Å²) < 4.78 is 0. The van der Waals surface area contributed by atoms with Gasteiger partial charge in [0.25, 0.3) is 0 Å². The van der Waals surface area contributed by atoms with Gasteiger partial charge in [0.2, 0.25) is 0 Å². The van der Waals surface area contributed by atoms with E-state index in [1.54, 1.807) is 12.1 Å². The minimum absolute atomic E-state index is 0.0672. The van der Waals surface area contributed by atoms with Gasteiger partial charge < -0.3 is 5.21 Å². The Kier molecular flexibility index (Phi) is 2.28. The summed E-state index contributed by atoms with van der Waals surface area (Å²) in [6.07, 6.45) is 0. The summed E-state index contributed by atoms with van der Waals surface area (Å²) in [5.41, 5.74) is -1.54. The average Bonchev–Trinajstić information content (AvgIpc) is 2.44. The molecule has 2 aliphatic rings. The fourth-order valence-electron chi connectivity index (χ4n) is 2.26. The fourth-order valence-corrected chi connectivity index (χ4v) is 2.26. The summed E-state index contributed by atoms with van der Waals surface area (Å²) in [4.78, 5) is 36.4. The van der Waals surface area contributed by atoms with E-state index < -0.39 is 16.3 Å². The molecule has 0 radical (unpaired) electrons. The Balaban J connectivity index is 3.00. The van der Waals surface area contributed by atoms with E-state index in [4.69, 9.17) is 5.21 Å². The van der Waals surface area contributed by atoms with Crippen molar-refractivity contribution in [1.29, 1.82) is 0 Å². The number of fused-ring (bicyclic) bond motifs is 1. The molecule has 0 aliphatic heterocycles. The largest absolute Gasteiger partial charge is 0.410 e. The first-order valence-electron chi connectivity index (χ1n) is 5.52. The predicted octanol–water partition coefficient (Wildman–Crippen LogP) is -0.189. The van der Waals surface area contributed by atoms with Crippen molar-refractivity contribution in [3.63, 3.8) is 0 Å². The average molecular weight is 253 g/mol. The fraction of sp³-hybridized carbons (Fsp3) is 0. The van der Waals surface area contributed by atoms with Crippen LogP contribution in [-0.2, 0) is 0 Å². The minimum Gasteiger partial charge on any atom is -0.410 e. The van der Waals surface area contributed by atoms with Gasteiger partial charge in [0.05, 0.1) is 10.4 Å². The maximum absolute atomic E-state index is 12.3. The van der Waals surface area contributed by atoms with Crippen LogP contribution in [-0.4, -0.2) is 5.21 Å². The summed E-state index contributed by atoms with van der Waals surface area (Å²) in [5.74, 6) is 0. The van der Waals surface area contributed by atoms with E-state index in [0.29, 0.717) is 0 Å². The van der Waals surface area contributed by atoms with Crippen LogP contribution in [0.2, 0.25) is 0 Å². The Hall–Kier alpha value is -2.82. The van der Waals surface area contributed by atoms with E-state index in [1.807, 2.05) is 0 Å². The molecule has 0 saturated carbocycles. The van der Waals surface area contributed by atoms with Gasteiger partial charge in [0.1, 0.15) is 5.36 Å². The van der Waals surface area contributed by atoms with Crippen molar-refractivity contribution < 1.29 is 5.21 Å². The van der Waals surface area contributed by atoms with E-state index >= 15 is 0 Å². The normalized spacial score (nSPS) is 12.3. The van der Waals surface area contributed by atoms with Crippen LogP contribution in [0.25, 0.3) is 10.8 Å². The minimum atomic E-state index is -0.546. The molecule has 19 heavy (non-hydrogen) atoms. The molecule has 3 rings (SSSR count). The maximum Gasteiger partial charge on any atom is 0.198 e. The SMILES string of the molecule is O=c1ccc(=NO)c2c(=O)c3ccccc3c(=O)c1=2. The molecule has 92 valence electrons. The van der Waals surface area contributed by atoms with Crippen molar-refractivity contribution in [3.8, 4) is 0 Å². The van der Waals surface area contributed by atoms with E-state index in [0.717, 1.165) is 6.07 Å². The molecular formula is C14H7NO4. The van der Waals surface area contributed by atoms with Crippen LogP contribution in [0.5, 0.6) is 0 Å². The lowest BCUT2D eigenvalue weighted by Gasteiger charge is -1.96. The van der Waals surface area contributed by atoms with Gasteiger partial charge in [0, 0.05) is 10.8 Å². The molecule has 0 unspecified atom stereocenters. The van der Waals surface area contributed by atoms with Gasteiger partial charge in [0.15, 0.2) is 16.3 Å². The van der Waals surface area contributed by atoms with Crippen LogP contribution < -0.4 is 21.6 Å². The molecule has 1 aromatic rings. The molecule has 0 saturated heterocycles. The number of hydrogen-bond donors (Lipinski definition) is 1. The smallest absolute Gasteiger partial charge is 0.198 e. The molecule has 0 spiro atoms. The summed E-state index contributed by atoms with van der Waals surface area (Å²) >= 11 is 0. The van der Waals surface area contributed by atoms with Gasteiger partial charge in [-0.25, -0.2) is 0 Å². The standard InChI is InChI=1S/C14H7NO4/c16-10-6-5-9(15-19)11-12(10)14(18)8-4-2-1-3-7(8)13(11)17/h1-6,19H. The van der Waals surface area contributed by atoms with Crippen molar-refractivity contribution in [3.05, 3.63) is 82.9 Å². The molecule has 0 bridgehead atoms. The number of benzene rings is 1. The lowest BCUT2D eigenvalue weighted by molar-refractivity contribution is 0.301. The van der Waals surface area contributed by atoms with Crippen molar-refractivity contribution in [1.82, 2.24) is 0 Å². The summed E-state index contributed by atoms with van der Waals surface area (Å²) in [5, 5.41) is 11.9. The second-order valence-electron chi connectivity index (χ2n) is 4.14. The Morgan fingerprint density at radius 2 is 1.37 bits per heavy atom. The van der Waals surface area contributed by atoms with Crippen molar-refractivity contribution in [2.75, 3.05) is 0 Å². The first-order valence-corrected chi connectivity index (χ1v) is 5.52. The maximum atomic E-state index is 12.3. The van der Waals surface area contributed by atoms with Crippen LogP contribution in [0.3, 0.4) is 0 Å². The third kappa shape index (κ3) is 1.41. The molecule has 0 heterocycles. The first kappa shape index (κ1) is 11.3. The van der Waals surface area contributed by atoms with E-state index in [-0.39, 0.29) is 26.6 Å². The lowest BCUT2D eigenvalue weighted by Crippen LogP contribution is -2.28. The topological polar surface area (TPSA) is 83.8 Å². The quantitative estimate of drug-likeness (QED) is 0.444. The number of rotatable bonds is 0. The zero-order valence-electron chi connectivity index (χ0n) is 9.58. The molecule has 2 aliphatic carbocycles. The molecule has 5 heteroatoms. The summed E-state index contributed by atoms with van der Waals surface area (Å²) in [6, 6.07) is 8.61. The molecule has 0 atom stereocenters. The molecule has 0 aromatic heterocycles. The van der Waals surface area contributed by atoms with Crippen LogP contribution in [0.4, 0.5) is 0 Å². The zero-order valence-corrected chi connectivity index (χ0v) is 9.58. The molecular weight excluding hydrogens is 246 g/mol. The van der Waals surface area contributed by atoms with E-state index in [9.17, 15) is 14.4 Å². The van der Waals surface area contributed by atoms with Crippen LogP contribution >= 0.6 is 0 Å². The van der Waals surface area contributed by atoms with Gasteiger partial charge in [-0.2, -0.15) is 0 Å². The van der Waals surface area contributed by atoms with Crippen molar-refractivity contribution in [2.24, 2.45) is 5.16 Å².